The Morgan fingerprint density at radius 2 is 1.96 bits per heavy atom. The first-order chi connectivity index (χ1) is 12.2. The first kappa shape index (κ1) is 20.7. The van der Waals surface area contributed by atoms with Crippen LogP contribution in [-0.4, -0.2) is 30.6 Å². The third-order valence-electron chi connectivity index (χ3n) is 2.76. The number of halogens is 3. The number of alkyl halides is 3. The van der Waals surface area contributed by atoms with Gasteiger partial charge in [0.05, 0.1) is 5.39 Å². The summed E-state index contributed by atoms with van der Waals surface area (Å²) >= 11 is 0.749. The van der Waals surface area contributed by atoms with E-state index in [1.54, 1.807) is 26.8 Å². The SMILES string of the molecule is CC(C)(C)OC(=O)Nc1sc2nccc(OS(=O)(=O)C(F)(F)F)c2c1C#N. The van der Waals surface area contributed by atoms with E-state index in [1.807, 2.05) is 0 Å². The van der Waals surface area contributed by atoms with Gasteiger partial charge in [-0.25, -0.2) is 9.78 Å². The molecule has 0 saturated heterocycles. The molecule has 1 N–H and O–H groups in total. The lowest BCUT2D eigenvalue weighted by Gasteiger charge is -2.19. The number of thiophene rings is 1. The smallest absolute Gasteiger partial charge is 0.444 e. The fourth-order valence-electron chi connectivity index (χ4n) is 1.82. The third-order valence-corrected chi connectivity index (χ3v) is 4.74. The van der Waals surface area contributed by atoms with E-state index in [-0.39, 0.29) is 20.8 Å². The van der Waals surface area contributed by atoms with Crippen LogP contribution >= 0.6 is 11.3 Å². The van der Waals surface area contributed by atoms with Crippen LogP contribution in [0, 0.1) is 11.3 Å². The second-order valence-corrected chi connectivity index (χ2v) is 8.55. The zero-order valence-electron chi connectivity index (χ0n) is 14.0. The van der Waals surface area contributed by atoms with Crippen molar-refractivity contribution in [2.45, 2.75) is 31.9 Å². The zero-order valence-corrected chi connectivity index (χ0v) is 15.7. The quantitative estimate of drug-likeness (QED) is 0.590. The van der Waals surface area contributed by atoms with Crippen molar-refractivity contribution in [3.8, 4) is 11.8 Å². The Morgan fingerprint density at radius 3 is 2.48 bits per heavy atom. The molecule has 0 spiro atoms. The average Bonchev–Trinajstić information content (AvgIpc) is 2.81. The molecule has 2 heterocycles. The first-order valence-electron chi connectivity index (χ1n) is 7.07. The number of ether oxygens (including phenoxy) is 1. The molecule has 2 rings (SSSR count). The van der Waals surface area contributed by atoms with Gasteiger partial charge in [0.1, 0.15) is 27.1 Å². The molecule has 0 radical (unpaired) electrons. The van der Waals surface area contributed by atoms with Crippen LogP contribution in [0.3, 0.4) is 0 Å². The highest BCUT2D eigenvalue weighted by molar-refractivity contribution is 7.88. The number of nitrogens with zero attached hydrogens (tertiary/aromatic N) is 2. The monoisotopic (exact) mass is 423 g/mol. The maximum absolute atomic E-state index is 12.6. The van der Waals surface area contributed by atoms with Gasteiger partial charge in [-0.15, -0.1) is 0 Å². The summed E-state index contributed by atoms with van der Waals surface area (Å²) in [5, 5.41) is 11.3. The van der Waals surface area contributed by atoms with Crippen LogP contribution in [0.5, 0.6) is 5.75 Å². The molecule has 8 nitrogen and oxygen atoms in total. The van der Waals surface area contributed by atoms with Gasteiger partial charge in [-0.2, -0.15) is 26.9 Å². The van der Waals surface area contributed by atoms with E-state index in [0.29, 0.717) is 0 Å². The van der Waals surface area contributed by atoms with Gasteiger partial charge in [-0.1, -0.05) is 11.3 Å². The number of anilines is 1. The third kappa shape index (κ3) is 4.58. The van der Waals surface area contributed by atoms with E-state index in [9.17, 15) is 31.6 Å². The Bertz CT molecular complexity index is 1030. The molecule has 13 heteroatoms. The van der Waals surface area contributed by atoms with Gasteiger partial charge in [0.25, 0.3) is 0 Å². The summed E-state index contributed by atoms with van der Waals surface area (Å²) in [4.78, 5) is 15.7. The lowest BCUT2D eigenvalue weighted by Crippen LogP contribution is -2.28. The maximum atomic E-state index is 12.6. The van der Waals surface area contributed by atoms with Gasteiger partial charge in [0.15, 0.2) is 5.75 Å². The molecule has 0 fully saturated rings. The van der Waals surface area contributed by atoms with Crippen molar-refractivity contribution >= 4 is 42.8 Å². The summed E-state index contributed by atoms with van der Waals surface area (Å²) in [5.74, 6) is -0.734. The number of pyridine rings is 1. The Hall–Kier alpha value is -2.59. The minimum absolute atomic E-state index is 0.00696. The number of carbonyl (C=O) groups is 1. The lowest BCUT2D eigenvalue weighted by molar-refractivity contribution is -0.0499. The topological polar surface area (TPSA) is 118 Å². The molecule has 0 saturated carbocycles. The van der Waals surface area contributed by atoms with Crippen molar-refractivity contribution < 1.29 is 35.3 Å². The Morgan fingerprint density at radius 1 is 1.33 bits per heavy atom. The standard InChI is InChI=1S/C14H12F3N3O5S2/c1-13(2,3)24-12(21)20-10-7(6-18)9-8(4-5-19-11(9)26-10)25-27(22,23)14(15,16)17/h4-5H,1-3H3,(H,20,21). The number of fused-ring (bicyclic) bond motifs is 1. The number of nitriles is 1. The highest BCUT2D eigenvalue weighted by Crippen LogP contribution is 2.40. The van der Waals surface area contributed by atoms with Gasteiger partial charge in [0.2, 0.25) is 0 Å². The van der Waals surface area contributed by atoms with Crippen LogP contribution in [0.1, 0.15) is 26.3 Å². The van der Waals surface area contributed by atoms with Gasteiger partial charge in [-0.3, -0.25) is 5.32 Å². The second-order valence-electron chi connectivity index (χ2n) is 6.02. The largest absolute Gasteiger partial charge is 0.534 e. The van der Waals surface area contributed by atoms with Crippen molar-refractivity contribution in [2.75, 3.05) is 5.32 Å². The van der Waals surface area contributed by atoms with Gasteiger partial charge >= 0.3 is 21.7 Å². The van der Waals surface area contributed by atoms with E-state index in [4.69, 9.17) is 4.74 Å². The molecule has 0 unspecified atom stereocenters. The normalized spacial score (nSPS) is 12.5. The molecule has 2 aromatic rings. The highest BCUT2D eigenvalue weighted by Gasteiger charge is 2.49. The Kier molecular flexibility index (Phi) is 5.26. The first-order valence-corrected chi connectivity index (χ1v) is 9.30. The van der Waals surface area contributed by atoms with Crippen LogP contribution < -0.4 is 9.50 Å². The molecule has 0 aliphatic carbocycles. The predicted octanol–water partition coefficient (Wildman–Crippen LogP) is 3.74. The van der Waals surface area contributed by atoms with Gasteiger partial charge in [0, 0.05) is 12.3 Å². The molecule has 2 aromatic heterocycles. The molecule has 0 aromatic carbocycles. The fourth-order valence-corrected chi connectivity index (χ4v) is 3.29. The van der Waals surface area contributed by atoms with Crippen LogP contribution in [0.2, 0.25) is 0 Å². The molecule has 0 aliphatic rings. The lowest BCUT2D eigenvalue weighted by atomic mass is 10.2. The van der Waals surface area contributed by atoms with E-state index in [0.717, 1.165) is 23.6 Å². The molecule has 27 heavy (non-hydrogen) atoms. The van der Waals surface area contributed by atoms with E-state index >= 15 is 0 Å². The van der Waals surface area contributed by atoms with Gasteiger partial charge < -0.3 is 8.92 Å². The number of nitrogens with one attached hydrogen (secondary N) is 1. The van der Waals surface area contributed by atoms with Crippen molar-refractivity contribution in [1.82, 2.24) is 4.98 Å². The molecular weight excluding hydrogens is 411 g/mol. The predicted molar refractivity (Wildman–Crippen MR) is 89.8 cm³/mol. The summed E-state index contributed by atoms with van der Waals surface area (Å²) in [6.45, 7) is 4.83. The molecular formula is C14H12F3N3O5S2. The highest BCUT2D eigenvalue weighted by atomic mass is 32.2. The minimum atomic E-state index is -5.95. The second kappa shape index (κ2) is 6.86. The summed E-state index contributed by atoms with van der Waals surface area (Å²) < 4.78 is 69.4. The summed E-state index contributed by atoms with van der Waals surface area (Å²) in [7, 11) is -5.95. The van der Waals surface area contributed by atoms with Crippen molar-refractivity contribution in [3.63, 3.8) is 0 Å². The molecule has 0 aliphatic heterocycles. The Labute approximate surface area is 155 Å². The van der Waals surface area contributed by atoms with Crippen LogP contribution in [0.25, 0.3) is 10.2 Å². The average molecular weight is 423 g/mol. The molecule has 1 amide bonds. The molecule has 0 bridgehead atoms. The van der Waals surface area contributed by atoms with Gasteiger partial charge in [-0.05, 0) is 20.8 Å². The summed E-state index contributed by atoms with van der Waals surface area (Å²) in [6, 6.07) is 2.57. The van der Waals surface area contributed by atoms with Crippen LogP contribution in [0.15, 0.2) is 12.3 Å². The minimum Gasteiger partial charge on any atom is -0.444 e. The van der Waals surface area contributed by atoms with Crippen molar-refractivity contribution in [3.05, 3.63) is 17.8 Å². The van der Waals surface area contributed by atoms with E-state index in [2.05, 4.69) is 14.5 Å². The van der Waals surface area contributed by atoms with Crippen LogP contribution in [-0.2, 0) is 14.9 Å². The summed E-state index contributed by atoms with van der Waals surface area (Å²) in [6.07, 6.45) is 0.106. The summed E-state index contributed by atoms with van der Waals surface area (Å²) in [5.41, 5.74) is -6.79. The number of amides is 1. The van der Waals surface area contributed by atoms with Crippen molar-refractivity contribution in [1.29, 1.82) is 5.26 Å². The fraction of sp³-hybridized carbons (Fsp3) is 0.357. The molecule has 0 atom stereocenters. The number of hydrogen-bond acceptors (Lipinski definition) is 8. The number of hydrogen-bond donors (Lipinski definition) is 1. The molecule has 146 valence electrons. The maximum Gasteiger partial charge on any atom is 0.534 e. The van der Waals surface area contributed by atoms with E-state index < -0.39 is 33.1 Å². The van der Waals surface area contributed by atoms with Crippen LogP contribution in [0.4, 0.5) is 23.0 Å². The zero-order chi connectivity index (χ0) is 20.6. The number of rotatable bonds is 3. The Balaban J connectivity index is 2.51. The number of carbonyl (C=O) groups excluding carboxylic acids is 1. The number of aromatic nitrogens is 1. The van der Waals surface area contributed by atoms with Crippen molar-refractivity contribution in [2.24, 2.45) is 0 Å². The van der Waals surface area contributed by atoms with E-state index in [1.165, 1.54) is 0 Å².